The lowest BCUT2D eigenvalue weighted by atomic mass is 10.1. The molecule has 1 nitrogen and oxygen atoms in total. The highest BCUT2D eigenvalue weighted by molar-refractivity contribution is 9.10. The zero-order chi connectivity index (χ0) is 11.9. The lowest BCUT2D eigenvalue weighted by Crippen LogP contribution is -2.07. The Morgan fingerprint density at radius 2 is 1.88 bits per heavy atom. The average molecular weight is 290 g/mol. The number of hydrogen-bond acceptors (Lipinski definition) is 1. The highest BCUT2D eigenvalue weighted by Crippen LogP contribution is 2.36. The van der Waals surface area contributed by atoms with Crippen molar-refractivity contribution in [2.75, 3.05) is 0 Å². The van der Waals surface area contributed by atoms with Crippen LogP contribution in [0.4, 0.5) is 13.2 Å². The molecule has 0 N–H and O–H groups in total. The van der Waals surface area contributed by atoms with Crippen LogP contribution in [0.5, 0.6) is 0 Å². The minimum atomic E-state index is -4.39. The zero-order valence-corrected chi connectivity index (χ0v) is 9.85. The molecule has 0 fully saturated rings. The van der Waals surface area contributed by atoms with Crippen LogP contribution in [0.1, 0.15) is 11.3 Å². The van der Waals surface area contributed by atoms with Crippen molar-refractivity contribution in [2.45, 2.75) is 13.1 Å². The third-order valence-corrected chi connectivity index (χ3v) is 2.66. The monoisotopic (exact) mass is 289 g/mol. The fourth-order valence-corrected chi connectivity index (χ4v) is 1.99. The van der Waals surface area contributed by atoms with Gasteiger partial charge in [0.2, 0.25) is 0 Å². The largest absolute Gasteiger partial charge is 0.418 e. The molecular formula is C11H7BrF3N. The number of benzene rings is 1. The zero-order valence-electron chi connectivity index (χ0n) is 8.27. The highest BCUT2D eigenvalue weighted by Gasteiger charge is 2.33. The quantitative estimate of drug-likeness (QED) is 0.704. The number of nitrogens with zero attached hydrogens (tertiary/aromatic N) is 1. The van der Waals surface area contributed by atoms with Gasteiger partial charge in [0, 0.05) is 15.6 Å². The summed E-state index contributed by atoms with van der Waals surface area (Å²) in [4.78, 5) is 3.94. The summed E-state index contributed by atoms with van der Waals surface area (Å²) in [5.74, 6) is 0. The molecule has 0 aliphatic rings. The normalized spacial score (nSPS) is 12.1. The molecule has 0 amide bonds. The predicted molar refractivity (Wildman–Crippen MR) is 59.2 cm³/mol. The van der Waals surface area contributed by atoms with E-state index in [0.717, 1.165) is 6.07 Å². The van der Waals surface area contributed by atoms with Gasteiger partial charge in [-0.25, -0.2) is 0 Å². The van der Waals surface area contributed by atoms with E-state index >= 15 is 0 Å². The van der Waals surface area contributed by atoms with Gasteiger partial charge in [0.1, 0.15) is 0 Å². The smallest absolute Gasteiger partial charge is 0.253 e. The molecule has 2 aromatic rings. The second-order valence-corrected chi connectivity index (χ2v) is 4.39. The fraction of sp³-hybridized carbons (Fsp3) is 0.182. The van der Waals surface area contributed by atoms with E-state index in [1.807, 2.05) is 0 Å². The molecule has 16 heavy (non-hydrogen) atoms. The minimum Gasteiger partial charge on any atom is -0.253 e. The summed E-state index contributed by atoms with van der Waals surface area (Å²) >= 11 is 3.07. The van der Waals surface area contributed by atoms with E-state index < -0.39 is 11.7 Å². The van der Waals surface area contributed by atoms with Crippen LogP contribution in [0.2, 0.25) is 0 Å². The van der Waals surface area contributed by atoms with E-state index in [0.29, 0.717) is 15.6 Å². The van der Waals surface area contributed by atoms with Crippen LogP contribution >= 0.6 is 15.9 Å². The summed E-state index contributed by atoms with van der Waals surface area (Å²) < 4.78 is 38.7. The van der Waals surface area contributed by atoms with Crippen molar-refractivity contribution in [3.05, 3.63) is 40.0 Å². The summed E-state index contributed by atoms with van der Waals surface area (Å²) in [5, 5.41) is 0.479. The average Bonchev–Trinajstić information content (AvgIpc) is 2.16. The van der Waals surface area contributed by atoms with Gasteiger partial charge in [0.25, 0.3) is 0 Å². The lowest BCUT2D eigenvalue weighted by Gasteiger charge is -2.10. The van der Waals surface area contributed by atoms with Gasteiger partial charge in [-0.3, -0.25) is 4.98 Å². The van der Waals surface area contributed by atoms with Gasteiger partial charge in [0.15, 0.2) is 0 Å². The summed E-state index contributed by atoms with van der Waals surface area (Å²) in [5.41, 5.74) is -0.142. The minimum absolute atomic E-state index is 0.00398. The summed E-state index contributed by atoms with van der Waals surface area (Å²) in [6, 6.07) is 6.00. The molecule has 0 saturated carbocycles. The molecule has 1 heterocycles. The summed E-state index contributed by atoms with van der Waals surface area (Å²) in [6.07, 6.45) is -4.39. The summed E-state index contributed by atoms with van der Waals surface area (Å²) in [6.45, 7) is 1.67. The Hall–Kier alpha value is -1.10. The van der Waals surface area contributed by atoms with Crippen molar-refractivity contribution >= 4 is 26.8 Å². The number of hydrogen-bond donors (Lipinski definition) is 0. The van der Waals surface area contributed by atoms with E-state index in [2.05, 4.69) is 20.9 Å². The van der Waals surface area contributed by atoms with E-state index in [1.165, 1.54) is 0 Å². The predicted octanol–water partition coefficient (Wildman–Crippen LogP) is 4.32. The number of pyridine rings is 1. The molecule has 0 spiro atoms. The molecule has 0 aliphatic heterocycles. The van der Waals surface area contributed by atoms with Crippen LogP contribution in [-0.2, 0) is 6.18 Å². The molecular weight excluding hydrogens is 283 g/mol. The molecule has 0 saturated heterocycles. The number of halogens is 4. The number of aryl methyl sites for hydroxylation is 1. The van der Waals surface area contributed by atoms with Gasteiger partial charge in [-0.1, -0.05) is 22.0 Å². The Labute approximate surface area is 98.4 Å². The first-order valence-corrected chi connectivity index (χ1v) is 5.31. The second-order valence-electron chi connectivity index (χ2n) is 3.48. The molecule has 1 aromatic carbocycles. The number of aromatic nitrogens is 1. The first-order valence-electron chi connectivity index (χ1n) is 4.52. The Kier molecular flexibility index (Phi) is 2.66. The van der Waals surface area contributed by atoms with Gasteiger partial charge >= 0.3 is 6.18 Å². The first kappa shape index (κ1) is 11.4. The molecule has 0 radical (unpaired) electrons. The number of fused-ring (bicyclic) bond motifs is 1. The number of alkyl halides is 3. The van der Waals surface area contributed by atoms with Crippen molar-refractivity contribution in [1.82, 2.24) is 4.98 Å². The second kappa shape index (κ2) is 3.73. The molecule has 0 aliphatic carbocycles. The van der Waals surface area contributed by atoms with E-state index in [4.69, 9.17) is 0 Å². The Morgan fingerprint density at radius 3 is 2.50 bits per heavy atom. The van der Waals surface area contributed by atoms with Crippen molar-refractivity contribution in [3.63, 3.8) is 0 Å². The van der Waals surface area contributed by atoms with Crippen LogP contribution < -0.4 is 0 Å². The van der Waals surface area contributed by atoms with Crippen molar-refractivity contribution in [1.29, 1.82) is 0 Å². The van der Waals surface area contributed by atoms with E-state index in [9.17, 15) is 13.2 Å². The Balaban J connectivity index is 2.85. The van der Waals surface area contributed by atoms with Crippen LogP contribution in [-0.4, -0.2) is 4.98 Å². The van der Waals surface area contributed by atoms with Gasteiger partial charge in [-0.2, -0.15) is 13.2 Å². The maximum absolute atomic E-state index is 12.8. The van der Waals surface area contributed by atoms with Crippen LogP contribution in [0.25, 0.3) is 10.9 Å². The molecule has 0 unspecified atom stereocenters. The standard InChI is InChI=1S/C11H7BrF3N/c1-6-2-3-7-4-8(12)5-9(10(7)16-6)11(13,14)15/h2-5H,1H3. The molecule has 2 rings (SSSR count). The maximum atomic E-state index is 12.8. The van der Waals surface area contributed by atoms with Crippen LogP contribution in [0.15, 0.2) is 28.7 Å². The lowest BCUT2D eigenvalue weighted by molar-refractivity contribution is -0.136. The van der Waals surface area contributed by atoms with Crippen LogP contribution in [0, 0.1) is 6.92 Å². The van der Waals surface area contributed by atoms with Crippen LogP contribution in [0.3, 0.4) is 0 Å². The summed E-state index contributed by atoms with van der Waals surface area (Å²) in [7, 11) is 0. The maximum Gasteiger partial charge on any atom is 0.418 e. The SMILES string of the molecule is Cc1ccc2cc(Br)cc(C(F)(F)F)c2n1. The molecule has 84 valence electrons. The van der Waals surface area contributed by atoms with E-state index in [1.54, 1.807) is 25.1 Å². The first-order chi connectivity index (χ1) is 7.38. The van der Waals surface area contributed by atoms with Gasteiger partial charge in [0.05, 0.1) is 11.1 Å². The van der Waals surface area contributed by atoms with Crippen molar-refractivity contribution in [2.24, 2.45) is 0 Å². The molecule has 1 aromatic heterocycles. The molecule has 5 heteroatoms. The topological polar surface area (TPSA) is 12.9 Å². The van der Waals surface area contributed by atoms with Gasteiger partial charge in [-0.15, -0.1) is 0 Å². The third kappa shape index (κ3) is 2.04. The molecule has 0 atom stereocenters. The van der Waals surface area contributed by atoms with Gasteiger partial charge < -0.3 is 0 Å². The Bertz CT molecular complexity index is 549. The fourth-order valence-electron chi connectivity index (χ4n) is 1.51. The third-order valence-electron chi connectivity index (χ3n) is 2.20. The van der Waals surface area contributed by atoms with E-state index in [-0.39, 0.29) is 5.52 Å². The van der Waals surface area contributed by atoms with Crippen molar-refractivity contribution in [3.8, 4) is 0 Å². The van der Waals surface area contributed by atoms with Crippen molar-refractivity contribution < 1.29 is 13.2 Å². The number of rotatable bonds is 0. The molecule has 0 bridgehead atoms. The highest BCUT2D eigenvalue weighted by atomic mass is 79.9. The Morgan fingerprint density at radius 1 is 1.19 bits per heavy atom. The van der Waals surface area contributed by atoms with Gasteiger partial charge in [-0.05, 0) is 25.1 Å².